The maximum absolute atomic E-state index is 11.5. The Kier molecular flexibility index (Phi) is 3.96. The summed E-state index contributed by atoms with van der Waals surface area (Å²) in [5.74, 6) is -0.139. The Labute approximate surface area is 112 Å². The van der Waals surface area contributed by atoms with Crippen molar-refractivity contribution in [1.82, 2.24) is 4.90 Å². The fourth-order valence-corrected chi connectivity index (χ4v) is 4.32. The molecule has 1 heterocycles. The van der Waals surface area contributed by atoms with Crippen LogP contribution in [0.25, 0.3) is 0 Å². The molecule has 0 spiro atoms. The number of nitrogens with zero attached hydrogens (tertiary/aromatic N) is 1. The highest BCUT2D eigenvalue weighted by molar-refractivity contribution is 7.91. The lowest BCUT2D eigenvalue weighted by atomic mass is 10.1. The first-order chi connectivity index (χ1) is 8.39. The van der Waals surface area contributed by atoms with Gasteiger partial charge in [0.05, 0.1) is 23.7 Å². The van der Waals surface area contributed by atoms with Crippen LogP contribution < -0.4 is 0 Å². The third kappa shape index (κ3) is 3.03. The topological polar surface area (TPSA) is 57.6 Å². The highest BCUT2D eigenvalue weighted by Gasteiger charge is 2.38. The van der Waals surface area contributed by atoms with Crippen molar-refractivity contribution in [3.63, 3.8) is 0 Å². The van der Waals surface area contributed by atoms with Gasteiger partial charge in [0.15, 0.2) is 9.84 Å². The highest BCUT2D eigenvalue weighted by atomic mass is 35.5. The average Bonchev–Trinajstić information content (AvgIpc) is 2.55. The predicted molar refractivity (Wildman–Crippen MR) is 71.4 cm³/mol. The van der Waals surface area contributed by atoms with Gasteiger partial charge in [-0.3, -0.25) is 4.90 Å². The van der Waals surface area contributed by atoms with Crippen LogP contribution in [-0.2, 0) is 16.4 Å². The van der Waals surface area contributed by atoms with E-state index in [-0.39, 0.29) is 17.5 Å². The zero-order valence-electron chi connectivity index (χ0n) is 10.1. The Bertz CT molecular complexity index is 532. The van der Waals surface area contributed by atoms with E-state index in [1.807, 2.05) is 23.1 Å². The van der Waals surface area contributed by atoms with Crippen LogP contribution >= 0.6 is 11.6 Å². The molecule has 6 heteroatoms. The lowest BCUT2D eigenvalue weighted by Crippen LogP contribution is -2.40. The van der Waals surface area contributed by atoms with Crippen LogP contribution in [0.3, 0.4) is 0 Å². The summed E-state index contributed by atoms with van der Waals surface area (Å²) in [5.41, 5.74) is 0.929. The Morgan fingerprint density at radius 2 is 2.06 bits per heavy atom. The third-order valence-corrected chi connectivity index (χ3v) is 5.30. The summed E-state index contributed by atoms with van der Waals surface area (Å²) >= 11 is 6.06. The van der Waals surface area contributed by atoms with Gasteiger partial charge < -0.3 is 5.11 Å². The van der Waals surface area contributed by atoms with Crippen molar-refractivity contribution >= 4 is 21.4 Å². The van der Waals surface area contributed by atoms with Gasteiger partial charge in [0.1, 0.15) is 0 Å². The van der Waals surface area contributed by atoms with Crippen molar-refractivity contribution in [2.24, 2.45) is 0 Å². The molecule has 1 aromatic rings. The molecule has 0 aromatic heterocycles. The van der Waals surface area contributed by atoms with Gasteiger partial charge in [-0.15, -0.1) is 0 Å². The van der Waals surface area contributed by atoms with E-state index < -0.39 is 15.9 Å². The molecule has 0 saturated carbocycles. The average molecular weight is 290 g/mol. The van der Waals surface area contributed by atoms with Gasteiger partial charge in [-0.2, -0.15) is 0 Å². The van der Waals surface area contributed by atoms with E-state index in [4.69, 9.17) is 11.6 Å². The van der Waals surface area contributed by atoms with Gasteiger partial charge in [0.2, 0.25) is 0 Å². The van der Waals surface area contributed by atoms with E-state index in [2.05, 4.69) is 0 Å². The van der Waals surface area contributed by atoms with Gasteiger partial charge in [0, 0.05) is 11.6 Å². The zero-order chi connectivity index (χ0) is 13.3. The van der Waals surface area contributed by atoms with Gasteiger partial charge in [-0.05, 0) is 18.7 Å². The van der Waals surface area contributed by atoms with Crippen LogP contribution in [0.4, 0.5) is 0 Å². The summed E-state index contributed by atoms with van der Waals surface area (Å²) in [6, 6.07) is 7.07. The zero-order valence-corrected chi connectivity index (χ0v) is 11.7. The summed E-state index contributed by atoms with van der Waals surface area (Å²) in [6.07, 6.45) is -0.817. The number of sulfone groups is 1. The van der Waals surface area contributed by atoms with Crippen LogP contribution in [0.15, 0.2) is 24.3 Å². The standard InChI is InChI=1S/C12H16ClNO3S/c1-14(6-9-4-2-3-5-10(9)13)11-7-18(16,17)8-12(11)15/h2-5,11-12,15H,6-8H2,1H3/t11-,12-/m0/s1. The molecular formula is C12H16ClNO3S. The molecule has 1 fully saturated rings. The summed E-state index contributed by atoms with van der Waals surface area (Å²) < 4.78 is 22.9. The molecule has 2 rings (SSSR count). The molecule has 1 aliphatic rings. The number of aliphatic hydroxyl groups is 1. The lowest BCUT2D eigenvalue weighted by molar-refractivity contribution is 0.0958. The first kappa shape index (κ1) is 13.8. The molecule has 100 valence electrons. The number of rotatable bonds is 3. The minimum Gasteiger partial charge on any atom is -0.390 e. The van der Waals surface area contributed by atoms with E-state index in [0.717, 1.165) is 5.56 Å². The van der Waals surface area contributed by atoms with Gasteiger partial charge in [-0.1, -0.05) is 29.8 Å². The number of aliphatic hydroxyl groups excluding tert-OH is 1. The monoisotopic (exact) mass is 289 g/mol. The number of hydrogen-bond donors (Lipinski definition) is 1. The van der Waals surface area contributed by atoms with E-state index in [0.29, 0.717) is 11.6 Å². The van der Waals surface area contributed by atoms with Crippen molar-refractivity contribution in [1.29, 1.82) is 0 Å². The van der Waals surface area contributed by atoms with E-state index in [1.165, 1.54) is 0 Å². The maximum Gasteiger partial charge on any atom is 0.154 e. The Morgan fingerprint density at radius 3 is 2.61 bits per heavy atom. The highest BCUT2D eigenvalue weighted by Crippen LogP contribution is 2.22. The van der Waals surface area contributed by atoms with E-state index >= 15 is 0 Å². The summed E-state index contributed by atoms with van der Waals surface area (Å²) in [5, 5.41) is 10.4. The van der Waals surface area contributed by atoms with E-state index in [1.54, 1.807) is 13.1 Å². The predicted octanol–water partition coefficient (Wildman–Crippen LogP) is 0.930. The van der Waals surface area contributed by atoms with Gasteiger partial charge in [0.25, 0.3) is 0 Å². The molecule has 0 amide bonds. The van der Waals surface area contributed by atoms with Crippen molar-refractivity contribution in [3.8, 4) is 0 Å². The lowest BCUT2D eigenvalue weighted by Gasteiger charge is -2.26. The fraction of sp³-hybridized carbons (Fsp3) is 0.500. The molecule has 4 nitrogen and oxygen atoms in total. The molecule has 1 N–H and O–H groups in total. The number of benzene rings is 1. The smallest absolute Gasteiger partial charge is 0.154 e. The van der Waals surface area contributed by atoms with Crippen molar-refractivity contribution < 1.29 is 13.5 Å². The Hall–Kier alpha value is -0.620. The second-order valence-electron chi connectivity index (χ2n) is 4.72. The van der Waals surface area contributed by atoms with Crippen LogP contribution in [0.5, 0.6) is 0 Å². The summed E-state index contributed by atoms with van der Waals surface area (Å²) in [6.45, 7) is 0.525. The summed E-state index contributed by atoms with van der Waals surface area (Å²) in [7, 11) is -1.31. The SMILES string of the molecule is CN(Cc1ccccc1Cl)[C@H]1CS(=O)(=O)C[C@@H]1O. The fourth-order valence-electron chi connectivity index (χ4n) is 2.24. The summed E-state index contributed by atoms with van der Waals surface area (Å²) in [4.78, 5) is 1.84. The van der Waals surface area contributed by atoms with Crippen molar-refractivity contribution in [2.45, 2.75) is 18.7 Å². The van der Waals surface area contributed by atoms with Crippen molar-refractivity contribution in [3.05, 3.63) is 34.9 Å². The van der Waals surface area contributed by atoms with E-state index in [9.17, 15) is 13.5 Å². The molecule has 1 saturated heterocycles. The van der Waals surface area contributed by atoms with Crippen LogP contribution in [0.1, 0.15) is 5.56 Å². The number of halogens is 1. The molecule has 0 radical (unpaired) electrons. The molecule has 0 unspecified atom stereocenters. The van der Waals surface area contributed by atoms with Gasteiger partial charge >= 0.3 is 0 Å². The first-order valence-corrected chi connectivity index (χ1v) is 7.91. The molecular weight excluding hydrogens is 274 g/mol. The molecule has 0 bridgehead atoms. The normalized spacial score (nSPS) is 26.7. The molecule has 1 aliphatic heterocycles. The Balaban J connectivity index is 2.09. The first-order valence-electron chi connectivity index (χ1n) is 5.71. The quantitative estimate of drug-likeness (QED) is 0.899. The molecule has 0 aliphatic carbocycles. The Morgan fingerprint density at radius 1 is 1.39 bits per heavy atom. The minimum absolute atomic E-state index is 0.00905. The largest absolute Gasteiger partial charge is 0.390 e. The molecule has 18 heavy (non-hydrogen) atoms. The third-order valence-electron chi connectivity index (χ3n) is 3.24. The van der Waals surface area contributed by atoms with Gasteiger partial charge in [-0.25, -0.2) is 8.42 Å². The van der Waals surface area contributed by atoms with Crippen molar-refractivity contribution in [2.75, 3.05) is 18.6 Å². The second-order valence-corrected chi connectivity index (χ2v) is 7.28. The maximum atomic E-state index is 11.5. The second kappa shape index (κ2) is 5.17. The molecule has 1 aromatic carbocycles. The van der Waals surface area contributed by atoms with Crippen LogP contribution in [0.2, 0.25) is 5.02 Å². The number of hydrogen-bond acceptors (Lipinski definition) is 4. The number of likely N-dealkylation sites (N-methyl/N-ethyl adjacent to an activating group) is 1. The minimum atomic E-state index is -3.12. The van der Waals surface area contributed by atoms with Crippen LogP contribution in [0, 0.1) is 0 Å². The van der Waals surface area contributed by atoms with Crippen LogP contribution in [-0.4, -0.2) is 49.1 Å². The molecule has 2 atom stereocenters.